The van der Waals surface area contributed by atoms with Gasteiger partial charge in [0.15, 0.2) is 11.9 Å². The molecule has 0 aromatic carbocycles. The molecule has 0 amide bonds. The molecule has 1 saturated heterocycles. The molecule has 2 heterocycles. The number of Topliss-reactive ketones (excluding diaryl/α,β-unsaturated/α-hetero) is 1. The number of pyridine rings is 1. The number of epoxide rings is 1. The largest absolute Gasteiger partial charge is 0.462 e. The van der Waals surface area contributed by atoms with Crippen LogP contribution in [-0.4, -0.2) is 70.4 Å². The third kappa shape index (κ3) is 4.36. The molecule has 10 heteroatoms. The van der Waals surface area contributed by atoms with Gasteiger partial charge in [-0.15, -0.1) is 0 Å². The summed E-state index contributed by atoms with van der Waals surface area (Å²) in [6.45, 7) is 10.3. The predicted molar refractivity (Wildman–Crippen MR) is 140 cm³/mol. The second-order valence-corrected chi connectivity index (χ2v) is 12.4. The summed E-state index contributed by atoms with van der Waals surface area (Å²) in [5, 5.41) is 11.2. The Balaban J connectivity index is 1.79. The molecule has 2 saturated carbocycles. The normalized spacial score (nSPS) is 38.0. The minimum Gasteiger partial charge on any atom is -0.462 e. The lowest BCUT2D eigenvalue weighted by Crippen LogP contribution is -2.68. The fourth-order valence-corrected chi connectivity index (χ4v) is 7.82. The second kappa shape index (κ2) is 9.76. The summed E-state index contributed by atoms with van der Waals surface area (Å²) in [6.07, 6.45) is -0.186. The fraction of sp³-hybridized carbons (Fsp3) is 0.633. The Bertz CT molecular complexity index is 1270. The zero-order valence-electron chi connectivity index (χ0n) is 23.8. The molecule has 8 atom stereocenters. The van der Waals surface area contributed by atoms with Crippen LogP contribution in [0.1, 0.15) is 71.2 Å². The Morgan fingerprint density at radius 3 is 2.35 bits per heavy atom. The molecule has 1 spiro atoms. The van der Waals surface area contributed by atoms with Crippen molar-refractivity contribution in [2.24, 2.45) is 22.7 Å². The second-order valence-electron chi connectivity index (χ2n) is 12.4. The van der Waals surface area contributed by atoms with Gasteiger partial charge in [0.05, 0.1) is 18.3 Å². The molecule has 4 aliphatic rings. The molecule has 2 bridgehead atoms. The maximum atomic E-state index is 13.6. The Hall–Kier alpha value is -3.11. The molecule has 1 N–H and O–H groups in total. The summed E-state index contributed by atoms with van der Waals surface area (Å²) in [5.41, 5.74) is -1.70. The van der Waals surface area contributed by atoms with Crippen LogP contribution < -0.4 is 0 Å². The lowest BCUT2D eigenvalue weighted by molar-refractivity contribution is -0.215. The van der Waals surface area contributed by atoms with Crippen LogP contribution in [-0.2, 0) is 33.3 Å². The van der Waals surface area contributed by atoms with E-state index < -0.39 is 70.6 Å². The van der Waals surface area contributed by atoms with Crippen molar-refractivity contribution < 1.29 is 43.2 Å². The van der Waals surface area contributed by atoms with E-state index in [4.69, 9.17) is 18.9 Å². The van der Waals surface area contributed by atoms with Gasteiger partial charge >= 0.3 is 17.9 Å². The van der Waals surface area contributed by atoms with Crippen LogP contribution in [0.4, 0.5) is 0 Å². The molecule has 0 radical (unpaired) electrons. The molecule has 3 aliphatic carbocycles. The molecule has 0 unspecified atom stereocenters. The summed E-state index contributed by atoms with van der Waals surface area (Å²) in [7, 11) is 0. The van der Waals surface area contributed by atoms with Crippen LogP contribution in [0.25, 0.3) is 0 Å². The average molecular weight is 556 g/mol. The van der Waals surface area contributed by atoms with Gasteiger partial charge in [0.25, 0.3) is 0 Å². The van der Waals surface area contributed by atoms with Gasteiger partial charge in [-0.3, -0.25) is 19.4 Å². The highest BCUT2D eigenvalue weighted by molar-refractivity contribution is 5.97. The number of fused-ring (bicyclic) bond motifs is 4. The number of carbonyl (C=O) groups excluding carboxylic acids is 4. The highest BCUT2D eigenvalue weighted by Crippen LogP contribution is 2.64. The van der Waals surface area contributed by atoms with Gasteiger partial charge in [0.1, 0.15) is 17.8 Å². The molecule has 40 heavy (non-hydrogen) atoms. The fourth-order valence-electron chi connectivity index (χ4n) is 7.82. The van der Waals surface area contributed by atoms with Crippen LogP contribution in [0.5, 0.6) is 0 Å². The third-order valence-electron chi connectivity index (χ3n) is 9.74. The van der Waals surface area contributed by atoms with Gasteiger partial charge in [-0.25, -0.2) is 4.79 Å². The maximum absolute atomic E-state index is 13.6. The first-order valence-corrected chi connectivity index (χ1v) is 13.8. The van der Waals surface area contributed by atoms with Crippen LogP contribution >= 0.6 is 0 Å². The van der Waals surface area contributed by atoms with E-state index in [1.165, 1.54) is 26.2 Å². The van der Waals surface area contributed by atoms with E-state index in [0.717, 1.165) is 0 Å². The number of allylic oxidation sites excluding steroid dienone is 1. The molecule has 3 fully saturated rings. The topological polar surface area (TPSA) is 142 Å². The summed E-state index contributed by atoms with van der Waals surface area (Å²) in [5.74, 6) is -3.15. The zero-order chi connectivity index (χ0) is 29.2. The quantitative estimate of drug-likeness (QED) is 0.335. The number of hydrogen-bond acceptors (Lipinski definition) is 10. The van der Waals surface area contributed by atoms with E-state index in [9.17, 15) is 24.3 Å². The molecule has 1 aliphatic heterocycles. The van der Waals surface area contributed by atoms with Crippen molar-refractivity contribution >= 4 is 23.7 Å². The van der Waals surface area contributed by atoms with Gasteiger partial charge in [-0.1, -0.05) is 20.8 Å². The summed E-state index contributed by atoms with van der Waals surface area (Å²) in [6, 6.07) is 3.19. The van der Waals surface area contributed by atoms with E-state index >= 15 is 0 Å². The Morgan fingerprint density at radius 2 is 1.77 bits per heavy atom. The van der Waals surface area contributed by atoms with Crippen molar-refractivity contribution in [1.29, 1.82) is 0 Å². The number of ketones is 1. The minimum absolute atomic E-state index is 0.103. The summed E-state index contributed by atoms with van der Waals surface area (Å²) in [4.78, 5) is 56.4. The molecule has 5 rings (SSSR count). The van der Waals surface area contributed by atoms with Crippen LogP contribution in [0.3, 0.4) is 0 Å². The van der Waals surface area contributed by atoms with Crippen molar-refractivity contribution in [3.05, 3.63) is 41.2 Å². The van der Waals surface area contributed by atoms with Gasteiger partial charge in [0, 0.05) is 49.9 Å². The average Bonchev–Trinajstić information content (AvgIpc) is 3.67. The number of aliphatic hydroxyl groups excluding tert-OH is 1. The van der Waals surface area contributed by atoms with Crippen molar-refractivity contribution in [2.45, 2.75) is 90.8 Å². The van der Waals surface area contributed by atoms with Crippen LogP contribution in [0, 0.1) is 22.7 Å². The van der Waals surface area contributed by atoms with E-state index in [1.54, 1.807) is 19.1 Å². The van der Waals surface area contributed by atoms with Crippen LogP contribution in [0.2, 0.25) is 0 Å². The lowest BCUT2D eigenvalue weighted by atomic mass is 9.48. The van der Waals surface area contributed by atoms with E-state index in [1.807, 2.05) is 20.8 Å². The van der Waals surface area contributed by atoms with Crippen molar-refractivity contribution in [2.75, 3.05) is 6.61 Å². The van der Waals surface area contributed by atoms with Gasteiger partial charge in [-0.05, 0) is 48.5 Å². The first-order chi connectivity index (χ1) is 18.7. The monoisotopic (exact) mass is 555 g/mol. The number of rotatable bonds is 4. The number of ether oxygens (including phenoxy) is 4. The Morgan fingerprint density at radius 1 is 1.10 bits per heavy atom. The van der Waals surface area contributed by atoms with Crippen molar-refractivity contribution in [1.82, 2.24) is 4.98 Å². The molecule has 1 aromatic heterocycles. The first kappa shape index (κ1) is 28.4. The van der Waals surface area contributed by atoms with E-state index in [2.05, 4.69) is 4.98 Å². The number of carbonyl (C=O) groups is 4. The van der Waals surface area contributed by atoms with Crippen molar-refractivity contribution in [3.8, 4) is 0 Å². The summed E-state index contributed by atoms with van der Waals surface area (Å²) >= 11 is 0. The standard InChI is InChI=1S/C30H37NO9/c1-15-20(34)12-19-23(38-16(2)32)25-29(6,10-9-21(35)30(25)14-37-30)26(40-27(36)18-8-7-11-31-13-18)24(39-17(3)33)22(15)28(19,4)5/h7-8,11,13,19,21,23-26,35H,9-10,12,14H2,1-6H3/t19-,21-,23+,24+,25-,26-,29-,30+/m0/s1. The number of esters is 3. The molecule has 10 nitrogen and oxygen atoms in total. The lowest BCUT2D eigenvalue weighted by Gasteiger charge is -2.60. The molecule has 1 aromatic rings. The molecular weight excluding hydrogens is 518 g/mol. The number of hydrogen-bond donors (Lipinski definition) is 1. The van der Waals surface area contributed by atoms with Gasteiger partial charge < -0.3 is 24.1 Å². The smallest absolute Gasteiger partial charge is 0.340 e. The van der Waals surface area contributed by atoms with Gasteiger partial charge in [0.2, 0.25) is 0 Å². The number of nitrogens with zero attached hydrogens (tertiary/aromatic N) is 1. The van der Waals surface area contributed by atoms with E-state index in [0.29, 0.717) is 24.0 Å². The third-order valence-corrected chi connectivity index (χ3v) is 9.74. The zero-order valence-corrected chi connectivity index (χ0v) is 23.8. The van der Waals surface area contributed by atoms with Crippen LogP contribution in [0.15, 0.2) is 35.7 Å². The summed E-state index contributed by atoms with van der Waals surface area (Å²) < 4.78 is 24.4. The minimum atomic E-state index is -1.10. The Kier molecular flexibility index (Phi) is 6.94. The molecular formula is C30H37NO9. The maximum Gasteiger partial charge on any atom is 0.340 e. The van der Waals surface area contributed by atoms with E-state index in [-0.39, 0.29) is 24.4 Å². The highest BCUT2D eigenvalue weighted by atomic mass is 16.6. The first-order valence-electron chi connectivity index (χ1n) is 13.8. The highest BCUT2D eigenvalue weighted by Gasteiger charge is 2.73. The van der Waals surface area contributed by atoms with Gasteiger partial charge in [-0.2, -0.15) is 0 Å². The molecule has 216 valence electrons. The predicted octanol–water partition coefficient (Wildman–Crippen LogP) is 2.96. The van der Waals surface area contributed by atoms with Crippen molar-refractivity contribution in [3.63, 3.8) is 0 Å². The number of aromatic nitrogens is 1. The Labute approximate surface area is 233 Å². The SMILES string of the molecule is CC(=O)O[C@@H]1[C@@H]2CC(=O)C(C)=C([C@@H](OC(C)=O)[C@H](OC(=O)c3cccnc3)[C@@]3(C)CC[C@H](O)[C@]4(CO4)[C@@H]13)C2(C)C. The number of aliphatic hydroxyl groups is 1.